The molecular formula is C69H127N13O13. The topological polar surface area (TPSA) is 295 Å². The lowest BCUT2D eigenvalue weighted by Crippen LogP contribution is -2.64. The van der Waals surface area contributed by atoms with Gasteiger partial charge < -0.3 is 70.3 Å². The molecule has 11 amide bonds. The Balaban J connectivity index is 3.04. The van der Waals surface area contributed by atoms with Gasteiger partial charge in [0.25, 0.3) is 0 Å². The molecule has 2 aliphatic rings. The largest absolute Gasteiger partial charge is 0.390 e. The molecule has 26 heteroatoms. The number of nitrogens with zero attached hydrogens (tertiary/aromatic N) is 9. The minimum absolute atomic E-state index is 0.0153. The van der Waals surface area contributed by atoms with E-state index in [0.717, 1.165) is 31.0 Å². The first-order chi connectivity index (χ1) is 44.1. The van der Waals surface area contributed by atoms with Crippen molar-refractivity contribution in [1.29, 1.82) is 0 Å². The van der Waals surface area contributed by atoms with Crippen molar-refractivity contribution in [3.63, 3.8) is 0 Å². The molecule has 0 unspecified atom stereocenters. The fraction of sp³-hybridized carbons (Fsp3) is 0.841. The van der Waals surface area contributed by atoms with Crippen LogP contribution in [-0.2, 0) is 57.5 Å². The third-order valence-electron chi connectivity index (χ3n) is 19.2. The lowest BCUT2D eigenvalue weighted by atomic mass is 9.90. The SMILES string of the molecule is CCCC[C@@H](C)[C@@H](O)[C@H]1C(=O)N[C@@H](CC)C(=O)N(C)[C@H](C)C(=O)N(C)[C@@H]([C@H](C)CN2CCN(CCOC)CC2)C(=O)N[C@@H](C(C)C)C(=O)N(C)[C@@H](CC(C)C)C(=O)N[C@@H](C)C(=O)N[C@H](C)C(=O)N(C)[C@@H](CC(C)C)C(=O)N(C)[C@@H](CC(C)C)C(=O)N(C)[C@@H](C(C)C)C(=O)N1C. The quantitative estimate of drug-likeness (QED) is 0.117. The standard InChI is InChI=1S/C69H127N13O13/c1-26-28-29-45(13)58(83)57-62(87)72-50(27-2)65(90)74(18)49(17)64(89)79(23)56(46(14)39-82-32-30-81(31-33-82)34-35-95-25)61(86)73-54(43(9)10)68(93)75(19)51(36-40(3)4)60(85)70-47(15)59(84)71-48(16)63(88)76(20)52(37-41(5)6)66(91)77(21)53(38-42(7)8)67(92)78(22)55(44(11)12)69(94)80(57)24/h40-58,83H,26-39H2,1-25H3,(H,70,85)(H,71,84)(H,72,87)(H,73,86)/t45-,46-,47+,48-,49-,50+,51+,52+,53+,54+,55+,56+,57+,58-/m1/s1. The fourth-order valence-corrected chi connectivity index (χ4v) is 12.9. The van der Waals surface area contributed by atoms with E-state index in [4.69, 9.17) is 4.74 Å². The maximum absolute atomic E-state index is 15.3. The van der Waals surface area contributed by atoms with Crippen LogP contribution in [0.3, 0.4) is 0 Å². The number of methoxy groups -OCH3 is 1. The summed E-state index contributed by atoms with van der Waals surface area (Å²) in [5.74, 6) is -10.1. The molecule has 2 heterocycles. The molecule has 2 fully saturated rings. The third-order valence-corrected chi connectivity index (χ3v) is 19.2. The molecular weight excluding hydrogens is 1220 g/mol. The number of nitrogens with one attached hydrogen (secondary N) is 4. The number of aliphatic hydroxyl groups excluding tert-OH is 1. The molecule has 2 saturated heterocycles. The molecule has 14 atom stereocenters. The first-order valence-corrected chi connectivity index (χ1v) is 34.8. The van der Waals surface area contributed by atoms with Crippen molar-refractivity contribution in [3.05, 3.63) is 0 Å². The number of hydrogen-bond acceptors (Lipinski definition) is 15. The fourth-order valence-electron chi connectivity index (χ4n) is 12.9. The molecule has 0 aromatic heterocycles. The summed E-state index contributed by atoms with van der Waals surface area (Å²) < 4.78 is 5.32. The summed E-state index contributed by atoms with van der Waals surface area (Å²) >= 11 is 0. The maximum Gasteiger partial charge on any atom is 0.246 e. The van der Waals surface area contributed by atoms with E-state index in [1.807, 2.05) is 55.4 Å². The molecule has 26 nitrogen and oxygen atoms in total. The van der Waals surface area contributed by atoms with Crippen molar-refractivity contribution in [3.8, 4) is 0 Å². The van der Waals surface area contributed by atoms with Gasteiger partial charge in [0.1, 0.15) is 66.5 Å². The van der Waals surface area contributed by atoms with Crippen LogP contribution in [0.2, 0.25) is 0 Å². The number of hydrogen-bond donors (Lipinski definition) is 5. The lowest BCUT2D eigenvalue weighted by Gasteiger charge is -2.42. The highest BCUT2D eigenvalue weighted by molar-refractivity contribution is 6.00. The molecule has 5 N–H and O–H groups in total. The highest BCUT2D eigenvalue weighted by atomic mass is 16.5. The van der Waals surface area contributed by atoms with Crippen LogP contribution in [0.25, 0.3) is 0 Å². The third kappa shape index (κ3) is 23.6. The molecule has 95 heavy (non-hydrogen) atoms. The number of rotatable bonds is 20. The maximum atomic E-state index is 15.3. The number of ether oxygens (including phenoxy) is 1. The van der Waals surface area contributed by atoms with Crippen LogP contribution in [-0.4, -0.2) is 289 Å². The minimum Gasteiger partial charge on any atom is -0.390 e. The lowest BCUT2D eigenvalue weighted by molar-refractivity contribution is -0.157. The summed E-state index contributed by atoms with van der Waals surface area (Å²) in [4.78, 5) is 177. The number of unbranched alkanes of at least 4 members (excludes halogenated alkanes) is 1. The van der Waals surface area contributed by atoms with E-state index in [0.29, 0.717) is 39.1 Å². The van der Waals surface area contributed by atoms with Gasteiger partial charge in [-0.2, -0.15) is 0 Å². The van der Waals surface area contributed by atoms with Gasteiger partial charge in [0, 0.05) is 95.7 Å². The van der Waals surface area contributed by atoms with Crippen LogP contribution in [0, 0.1) is 41.4 Å². The minimum atomic E-state index is -1.60. The monoisotopic (exact) mass is 1350 g/mol. The van der Waals surface area contributed by atoms with E-state index in [1.54, 1.807) is 48.7 Å². The molecule has 0 aromatic rings. The Morgan fingerprint density at radius 3 is 1.40 bits per heavy atom. The second kappa shape index (κ2) is 39.4. The number of likely N-dealkylation sites (N-methyl/N-ethyl adjacent to an activating group) is 7. The van der Waals surface area contributed by atoms with Crippen molar-refractivity contribution in [2.24, 2.45) is 41.4 Å². The smallest absolute Gasteiger partial charge is 0.246 e. The van der Waals surface area contributed by atoms with E-state index in [-0.39, 0.29) is 43.4 Å². The first-order valence-electron chi connectivity index (χ1n) is 34.8. The van der Waals surface area contributed by atoms with Crippen LogP contribution < -0.4 is 21.3 Å². The van der Waals surface area contributed by atoms with E-state index < -0.39 is 161 Å². The predicted octanol–water partition coefficient (Wildman–Crippen LogP) is 2.74. The van der Waals surface area contributed by atoms with Gasteiger partial charge in [0.15, 0.2) is 0 Å². The van der Waals surface area contributed by atoms with E-state index in [1.165, 1.54) is 99.5 Å². The summed E-state index contributed by atoms with van der Waals surface area (Å²) in [6.07, 6.45) is 0.948. The molecule has 0 aromatic carbocycles. The Morgan fingerprint density at radius 1 is 0.463 bits per heavy atom. The van der Waals surface area contributed by atoms with Gasteiger partial charge in [-0.05, 0) is 94.3 Å². The van der Waals surface area contributed by atoms with Crippen LogP contribution in [0.15, 0.2) is 0 Å². The van der Waals surface area contributed by atoms with Crippen LogP contribution in [0.5, 0.6) is 0 Å². The Bertz CT molecular complexity index is 2550. The summed E-state index contributed by atoms with van der Waals surface area (Å²) in [5, 5.41) is 23.5. The van der Waals surface area contributed by atoms with Gasteiger partial charge >= 0.3 is 0 Å². The molecule has 2 aliphatic heterocycles. The zero-order valence-corrected chi connectivity index (χ0v) is 62.7. The highest BCUT2D eigenvalue weighted by Gasteiger charge is 2.47. The normalized spacial score (nSPS) is 27.7. The number of piperazine rings is 1. The number of carbonyl (C=O) groups is 11. The van der Waals surface area contributed by atoms with E-state index in [9.17, 15) is 29.1 Å². The van der Waals surface area contributed by atoms with Crippen molar-refractivity contribution in [1.82, 2.24) is 65.4 Å². The summed E-state index contributed by atoms with van der Waals surface area (Å²) in [6, 6.07) is -13.8. The Hall–Kier alpha value is -5.99. The highest BCUT2D eigenvalue weighted by Crippen LogP contribution is 2.27. The van der Waals surface area contributed by atoms with Gasteiger partial charge in [-0.25, -0.2) is 0 Å². The predicted molar refractivity (Wildman–Crippen MR) is 368 cm³/mol. The average molecular weight is 1350 g/mol. The number of aliphatic hydroxyl groups is 1. The van der Waals surface area contributed by atoms with Crippen LogP contribution in [0.1, 0.15) is 163 Å². The van der Waals surface area contributed by atoms with Gasteiger partial charge in [0.2, 0.25) is 65.0 Å². The Labute approximate surface area is 569 Å². The van der Waals surface area contributed by atoms with E-state index >= 15 is 28.8 Å². The van der Waals surface area contributed by atoms with Gasteiger partial charge in [0.05, 0.1) is 12.7 Å². The number of carbonyl (C=O) groups excluding carboxylic acids is 11. The van der Waals surface area contributed by atoms with Crippen LogP contribution >= 0.6 is 0 Å². The molecule has 0 spiro atoms. The van der Waals surface area contributed by atoms with Crippen molar-refractivity contribution in [2.75, 3.05) is 102 Å². The van der Waals surface area contributed by atoms with Crippen LogP contribution in [0.4, 0.5) is 0 Å². The van der Waals surface area contributed by atoms with Gasteiger partial charge in [-0.15, -0.1) is 0 Å². The second-order valence-electron chi connectivity index (χ2n) is 29.2. The number of amides is 11. The Kier molecular flexibility index (Phi) is 35.3. The molecule has 0 aliphatic carbocycles. The second-order valence-corrected chi connectivity index (χ2v) is 29.2. The molecule has 2 rings (SSSR count). The van der Waals surface area contributed by atoms with Gasteiger partial charge in [-0.1, -0.05) is 110 Å². The summed E-state index contributed by atoms with van der Waals surface area (Å²) in [7, 11) is 11.7. The zero-order chi connectivity index (χ0) is 73.0. The zero-order valence-electron chi connectivity index (χ0n) is 62.7. The van der Waals surface area contributed by atoms with Gasteiger partial charge in [-0.3, -0.25) is 57.6 Å². The summed E-state index contributed by atoms with van der Waals surface area (Å²) in [6.45, 7) is 34.4. The molecule has 0 radical (unpaired) electrons. The van der Waals surface area contributed by atoms with Crippen molar-refractivity contribution in [2.45, 2.75) is 235 Å². The molecule has 546 valence electrons. The molecule has 0 bridgehead atoms. The van der Waals surface area contributed by atoms with Crippen molar-refractivity contribution < 1.29 is 62.6 Å². The van der Waals surface area contributed by atoms with Crippen molar-refractivity contribution >= 4 is 65.0 Å². The van der Waals surface area contributed by atoms with E-state index in [2.05, 4.69) is 31.1 Å². The summed E-state index contributed by atoms with van der Waals surface area (Å²) in [5.41, 5.74) is 0. The Morgan fingerprint density at radius 2 is 0.916 bits per heavy atom. The molecule has 0 saturated carbocycles. The average Bonchev–Trinajstić information content (AvgIpc) is 0.825. The first kappa shape index (κ1) is 85.1.